The highest BCUT2D eigenvalue weighted by molar-refractivity contribution is 6.33. The van der Waals surface area contributed by atoms with Crippen molar-refractivity contribution in [3.63, 3.8) is 0 Å². The first-order chi connectivity index (χ1) is 9.52. The summed E-state index contributed by atoms with van der Waals surface area (Å²) >= 11 is 6.12. The number of methoxy groups -OCH3 is 1. The van der Waals surface area contributed by atoms with Gasteiger partial charge in [-0.25, -0.2) is 0 Å². The van der Waals surface area contributed by atoms with Crippen molar-refractivity contribution in [3.05, 3.63) is 52.5 Å². The molecule has 2 N–H and O–H groups in total. The second-order valence-electron chi connectivity index (χ2n) is 4.83. The van der Waals surface area contributed by atoms with Crippen LogP contribution in [0.2, 0.25) is 5.02 Å². The number of nitrogens with zero attached hydrogens (tertiary/aromatic N) is 1. The average molecular weight is 291 g/mol. The van der Waals surface area contributed by atoms with E-state index in [1.165, 1.54) is 0 Å². The Morgan fingerprint density at radius 1 is 1.25 bits per heavy atom. The molecule has 0 aliphatic carbocycles. The highest BCUT2D eigenvalue weighted by Crippen LogP contribution is 2.30. The van der Waals surface area contributed by atoms with Crippen LogP contribution in [0.25, 0.3) is 0 Å². The van der Waals surface area contributed by atoms with Crippen LogP contribution < -0.4 is 15.4 Å². The molecule has 4 heteroatoms. The van der Waals surface area contributed by atoms with Gasteiger partial charge >= 0.3 is 0 Å². The molecule has 0 saturated heterocycles. The number of anilines is 2. The Labute approximate surface area is 124 Å². The molecule has 0 unspecified atom stereocenters. The van der Waals surface area contributed by atoms with E-state index in [-0.39, 0.29) is 0 Å². The van der Waals surface area contributed by atoms with Gasteiger partial charge in [0, 0.05) is 24.8 Å². The van der Waals surface area contributed by atoms with E-state index in [4.69, 9.17) is 22.1 Å². The van der Waals surface area contributed by atoms with Gasteiger partial charge in [-0.05, 0) is 30.7 Å². The topological polar surface area (TPSA) is 38.5 Å². The molecule has 0 aromatic heterocycles. The van der Waals surface area contributed by atoms with E-state index in [9.17, 15) is 0 Å². The van der Waals surface area contributed by atoms with Crippen molar-refractivity contribution in [1.29, 1.82) is 0 Å². The molecule has 0 bridgehead atoms. The molecule has 0 aliphatic heterocycles. The molecular weight excluding hydrogens is 272 g/mol. The molecule has 0 fully saturated rings. The van der Waals surface area contributed by atoms with Gasteiger partial charge in [-0.3, -0.25) is 0 Å². The second-order valence-corrected chi connectivity index (χ2v) is 5.24. The van der Waals surface area contributed by atoms with Gasteiger partial charge in [0.15, 0.2) is 0 Å². The molecule has 2 aromatic rings. The minimum atomic E-state index is 0.581. The first kappa shape index (κ1) is 14.5. The normalized spacial score (nSPS) is 10.4. The van der Waals surface area contributed by atoms with E-state index < -0.39 is 0 Å². The Morgan fingerprint density at radius 3 is 2.65 bits per heavy atom. The van der Waals surface area contributed by atoms with E-state index in [0.29, 0.717) is 10.7 Å². The molecule has 0 radical (unpaired) electrons. The SMILES string of the molecule is COc1ccccc1CN(C)c1cc(Cl)c(N)cc1C. The molecule has 0 spiro atoms. The summed E-state index contributed by atoms with van der Waals surface area (Å²) in [7, 11) is 3.71. The maximum atomic E-state index is 6.12. The number of ether oxygens (including phenoxy) is 1. The Morgan fingerprint density at radius 2 is 1.95 bits per heavy atom. The van der Waals surface area contributed by atoms with Crippen LogP contribution in [0.5, 0.6) is 5.75 Å². The summed E-state index contributed by atoms with van der Waals surface area (Å²) < 4.78 is 5.38. The number of aryl methyl sites for hydroxylation is 1. The molecule has 0 atom stereocenters. The van der Waals surface area contributed by atoms with Crippen molar-refractivity contribution in [2.75, 3.05) is 24.8 Å². The summed E-state index contributed by atoms with van der Waals surface area (Å²) in [4.78, 5) is 2.14. The van der Waals surface area contributed by atoms with E-state index in [1.807, 2.05) is 44.3 Å². The predicted octanol–water partition coefficient (Wildman–Crippen LogP) is 3.88. The third-order valence-corrected chi connectivity index (χ3v) is 3.65. The van der Waals surface area contributed by atoms with Crippen LogP contribution >= 0.6 is 11.6 Å². The van der Waals surface area contributed by atoms with Crippen LogP contribution in [0.3, 0.4) is 0 Å². The van der Waals surface area contributed by atoms with Gasteiger partial charge in [-0.2, -0.15) is 0 Å². The van der Waals surface area contributed by atoms with Gasteiger partial charge in [0.05, 0.1) is 17.8 Å². The van der Waals surface area contributed by atoms with Crippen LogP contribution in [0.4, 0.5) is 11.4 Å². The van der Waals surface area contributed by atoms with E-state index >= 15 is 0 Å². The number of nitrogens with two attached hydrogens (primary N) is 1. The minimum absolute atomic E-state index is 0.581. The van der Waals surface area contributed by atoms with Gasteiger partial charge in [0.1, 0.15) is 5.75 Å². The fourth-order valence-electron chi connectivity index (χ4n) is 2.28. The summed E-state index contributed by atoms with van der Waals surface area (Å²) in [5.74, 6) is 0.888. The van der Waals surface area contributed by atoms with Crippen molar-refractivity contribution in [3.8, 4) is 5.75 Å². The monoisotopic (exact) mass is 290 g/mol. The van der Waals surface area contributed by atoms with Gasteiger partial charge in [0.25, 0.3) is 0 Å². The van der Waals surface area contributed by atoms with Gasteiger partial charge in [0.2, 0.25) is 0 Å². The predicted molar refractivity (Wildman–Crippen MR) is 85.7 cm³/mol. The maximum Gasteiger partial charge on any atom is 0.123 e. The number of benzene rings is 2. The lowest BCUT2D eigenvalue weighted by Gasteiger charge is -2.23. The minimum Gasteiger partial charge on any atom is -0.496 e. The van der Waals surface area contributed by atoms with Crippen molar-refractivity contribution in [1.82, 2.24) is 0 Å². The first-order valence-corrected chi connectivity index (χ1v) is 6.79. The Hall–Kier alpha value is -1.87. The third-order valence-electron chi connectivity index (χ3n) is 3.33. The van der Waals surface area contributed by atoms with Gasteiger partial charge < -0.3 is 15.4 Å². The largest absolute Gasteiger partial charge is 0.496 e. The zero-order valence-electron chi connectivity index (χ0n) is 12.0. The Bertz CT molecular complexity index is 613. The van der Waals surface area contributed by atoms with Crippen LogP contribution in [-0.4, -0.2) is 14.2 Å². The lowest BCUT2D eigenvalue weighted by Crippen LogP contribution is -2.18. The number of halogens is 1. The first-order valence-electron chi connectivity index (χ1n) is 6.41. The lowest BCUT2D eigenvalue weighted by atomic mass is 10.1. The van der Waals surface area contributed by atoms with Crippen molar-refractivity contribution < 1.29 is 4.74 Å². The summed E-state index contributed by atoms with van der Waals surface area (Å²) in [6, 6.07) is 11.8. The zero-order chi connectivity index (χ0) is 14.7. The van der Waals surface area contributed by atoms with E-state index in [0.717, 1.165) is 29.1 Å². The second kappa shape index (κ2) is 6.06. The number of rotatable bonds is 4. The maximum absolute atomic E-state index is 6.12. The highest BCUT2D eigenvalue weighted by Gasteiger charge is 2.10. The number of para-hydroxylation sites is 1. The van der Waals surface area contributed by atoms with Gasteiger partial charge in [-0.1, -0.05) is 29.8 Å². The van der Waals surface area contributed by atoms with Gasteiger partial charge in [-0.15, -0.1) is 0 Å². The van der Waals surface area contributed by atoms with Crippen LogP contribution in [0.15, 0.2) is 36.4 Å². The quantitative estimate of drug-likeness (QED) is 0.869. The Balaban J connectivity index is 2.28. The molecule has 2 aromatic carbocycles. The molecule has 3 nitrogen and oxygen atoms in total. The Kier molecular flexibility index (Phi) is 4.40. The zero-order valence-corrected chi connectivity index (χ0v) is 12.7. The summed E-state index contributed by atoms with van der Waals surface area (Å²) in [6.07, 6.45) is 0. The van der Waals surface area contributed by atoms with Crippen LogP contribution in [-0.2, 0) is 6.54 Å². The number of nitrogen functional groups attached to an aromatic ring is 1. The van der Waals surface area contributed by atoms with Crippen molar-refractivity contribution in [2.45, 2.75) is 13.5 Å². The molecule has 0 amide bonds. The highest BCUT2D eigenvalue weighted by atomic mass is 35.5. The summed E-state index contributed by atoms with van der Waals surface area (Å²) in [6.45, 7) is 2.77. The molecule has 0 aliphatic rings. The fraction of sp³-hybridized carbons (Fsp3) is 0.250. The molecule has 2 rings (SSSR count). The smallest absolute Gasteiger partial charge is 0.123 e. The number of hydrogen-bond acceptors (Lipinski definition) is 3. The third kappa shape index (κ3) is 2.99. The number of hydrogen-bond donors (Lipinski definition) is 1. The molecule has 0 heterocycles. The van der Waals surface area contributed by atoms with Crippen LogP contribution in [0, 0.1) is 6.92 Å². The van der Waals surface area contributed by atoms with E-state index in [2.05, 4.69) is 11.0 Å². The molecule has 106 valence electrons. The standard InChI is InChI=1S/C16H19ClN2O/c1-11-8-14(18)13(17)9-15(11)19(2)10-12-6-4-5-7-16(12)20-3/h4-9H,10,18H2,1-3H3. The van der Waals surface area contributed by atoms with E-state index in [1.54, 1.807) is 7.11 Å². The summed E-state index contributed by atoms with van der Waals surface area (Å²) in [5.41, 5.74) is 9.72. The molecule has 0 saturated carbocycles. The average Bonchev–Trinajstić information content (AvgIpc) is 2.43. The summed E-state index contributed by atoms with van der Waals surface area (Å²) in [5, 5.41) is 0.581. The lowest BCUT2D eigenvalue weighted by molar-refractivity contribution is 0.409. The molecular formula is C16H19ClN2O. The van der Waals surface area contributed by atoms with Crippen molar-refractivity contribution in [2.24, 2.45) is 0 Å². The molecule has 20 heavy (non-hydrogen) atoms. The van der Waals surface area contributed by atoms with Crippen molar-refractivity contribution >= 4 is 23.0 Å². The fourth-order valence-corrected chi connectivity index (χ4v) is 2.44. The van der Waals surface area contributed by atoms with Crippen LogP contribution in [0.1, 0.15) is 11.1 Å².